The minimum atomic E-state index is -0.848. The first kappa shape index (κ1) is 12.2. The Hall–Kier alpha value is -1.91. The molecule has 16 heavy (non-hydrogen) atoms. The summed E-state index contributed by atoms with van der Waals surface area (Å²) in [6.07, 6.45) is 1.62. The molecule has 0 bridgehead atoms. The van der Waals surface area contributed by atoms with E-state index < -0.39 is 11.3 Å². The lowest BCUT2D eigenvalue weighted by Crippen LogP contribution is -2.35. The molecule has 5 nitrogen and oxygen atoms in total. The Kier molecular flexibility index (Phi) is 3.60. The largest absolute Gasteiger partial charge is 0.369 e. The highest BCUT2D eigenvalue weighted by atomic mass is 16.2. The zero-order valence-electron chi connectivity index (χ0n) is 9.36. The minimum Gasteiger partial charge on any atom is -0.369 e. The van der Waals surface area contributed by atoms with Gasteiger partial charge in [-0.15, -0.1) is 0 Å². The molecule has 0 spiro atoms. The summed E-state index contributed by atoms with van der Waals surface area (Å²) < 4.78 is 0. The molecule has 0 saturated heterocycles. The van der Waals surface area contributed by atoms with Crippen LogP contribution in [0, 0.1) is 5.41 Å². The number of carbonyl (C=O) groups excluding carboxylic acids is 2. The number of primary amides is 1. The Labute approximate surface area is 94.1 Å². The highest BCUT2D eigenvalue weighted by Gasteiger charge is 2.28. The van der Waals surface area contributed by atoms with Crippen LogP contribution in [0.4, 0.5) is 5.82 Å². The first-order chi connectivity index (χ1) is 7.42. The van der Waals surface area contributed by atoms with Crippen molar-refractivity contribution in [1.29, 1.82) is 0 Å². The fourth-order valence-electron chi connectivity index (χ4n) is 1.11. The van der Waals surface area contributed by atoms with Crippen molar-refractivity contribution in [3.8, 4) is 0 Å². The second-order valence-electron chi connectivity index (χ2n) is 4.19. The summed E-state index contributed by atoms with van der Waals surface area (Å²) in [5.74, 6) is -0.307. The van der Waals surface area contributed by atoms with Crippen LogP contribution < -0.4 is 11.1 Å². The van der Waals surface area contributed by atoms with Gasteiger partial charge in [0.1, 0.15) is 5.82 Å². The molecule has 0 aliphatic carbocycles. The Morgan fingerprint density at radius 3 is 2.62 bits per heavy atom. The van der Waals surface area contributed by atoms with E-state index >= 15 is 0 Å². The number of amides is 2. The molecular weight excluding hydrogens is 206 g/mol. The van der Waals surface area contributed by atoms with Crippen LogP contribution in [-0.4, -0.2) is 16.8 Å². The van der Waals surface area contributed by atoms with Crippen molar-refractivity contribution in [1.82, 2.24) is 4.98 Å². The number of aromatic nitrogens is 1. The quantitative estimate of drug-likeness (QED) is 0.792. The van der Waals surface area contributed by atoms with Gasteiger partial charge in [0.05, 0.1) is 5.41 Å². The van der Waals surface area contributed by atoms with Gasteiger partial charge in [0.15, 0.2) is 0 Å². The maximum atomic E-state index is 11.6. The van der Waals surface area contributed by atoms with Gasteiger partial charge in [0.2, 0.25) is 11.8 Å². The summed E-state index contributed by atoms with van der Waals surface area (Å²) in [4.78, 5) is 26.6. The number of pyridine rings is 1. The Bertz CT molecular complexity index is 387. The zero-order chi connectivity index (χ0) is 12.2. The van der Waals surface area contributed by atoms with E-state index in [4.69, 9.17) is 5.73 Å². The van der Waals surface area contributed by atoms with Crippen molar-refractivity contribution in [2.75, 3.05) is 5.32 Å². The van der Waals surface area contributed by atoms with Gasteiger partial charge in [0.25, 0.3) is 0 Å². The van der Waals surface area contributed by atoms with Crippen LogP contribution in [-0.2, 0) is 9.59 Å². The lowest BCUT2D eigenvalue weighted by atomic mass is 9.88. The summed E-state index contributed by atoms with van der Waals surface area (Å²) in [7, 11) is 0. The fourth-order valence-corrected chi connectivity index (χ4v) is 1.11. The van der Waals surface area contributed by atoms with Gasteiger partial charge in [-0.05, 0) is 12.1 Å². The zero-order valence-corrected chi connectivity index (χ0v) is 9.36. The third-order valence-electron chi connectivity index (χ3n) is 2.20. The van der Waals surface area contributed by atoms with E-state index in [0.29, 0.717) is 5.82 Å². The second kappa shape index (κ2) is 4.74. The van der Waals surface area contributed by atoms with E-state index in [-0.39, 0.29) is 12.3 Å². The number of carbonyl (C=O) groups is 2. The second-order valence-corrected chi connectivity index (χ2v) is 4.19. The van der Waals surface area contributed by atoms with E-state index in [9.17, 15) is 9.59 Å². The number of nitrogens with one attached hydrogen (secondary N) is 1. The lowest BCUT2D eigenvalue weighted by Gasteiger charge is -2.19. The summed E-state index contributed by atoms with van der Waals surface area (Å²) in [5, 5.41) is 2.60. The number of nitrogens with zero attached hydrogens (tertiary/aromatic N) is 1. The van der Waals surface area contributed by atoms with Crippen molar-refractivity contribution >= 4 is 17.6 Å². The molecule has 2 amide bonds. The van der Waals surface area contributed by atoms with Crippen LogP contribution in [0.2, 0.25) is 0 Å². The van der Waals surface area contributed by atoms with Gasteiger partial charge in [-0.1, -0.05) is 19.9 Å². The highest BCUT2D eigenvalue weighted by molar-refractivity contribution is 5.94. The summed E-state index contributed by atoms with van der Waals surface area (Å²) in [5.41, 5.74) is 4.33. The maximum Gasteiger partial charge on any atom is 0.226 e. The first-order valence-corrected chi connectivity index (χ1v) is 4.92. The molecule has 0 unspecified atom stereocenters. The molecule has 1 aromatic rings. The average molecular weight is 221 g/mol. The molecule has 0 radical (unpaired) electrons. The van der Waals surface area contributed by atoms with Crippen molar-refractivity contribution in [3.05, 3.63) is 24.4 Å². The summed E-state index contributed by atoms with van der Waals surface area (Å²) in [6, 6.07) is 5.19. The molecule has 0 atom stereocenters. The Morgan fingerprint density at radius 1 is 1.44 bits per heavy atom. The van der Waals surface area contributed by atoms with Crippen LogP contribution in [0.15, 0.2) is 24.4 Å². The third kappa shape index (κ3) is 3.34. The Balaban J connectivity index is 2.58. The molecule has 0 aliphatic rings. The standard InChI is InChI=1S/C11H15N3O2/c1-11(2,10(12)16)7-9(15)14-8-5-3-4-6-13-8/h3-6H,7H2,1-2H3,(H2,12,16)(H,13,14,15). The SMILES string of the molecule is CC(C)(CC(=O)Nc1ccccn1)C(N)=O. The Morgan fingerprint density at radius 2 is 2.12 bits per heavy atom. The van der Waals surface area contributed by atoms with Crippen molar-refractivity contribution in [2.45, 2.75) is 20.3 Å². The van der Waals surface area contributed by atoms with E-state index in [1.807, 2.05) is 0 Å². The fraction of sp³-hybridized carbons (Fsp3) is 0.364. The van der Waals surface area contributed by atoms with Crippen molar-refractivity contribution in [3.63, 3.8) is 0 Å². The highest BCUT2D eigenvalue weighted by Crippen LogP contribution is 2.19. The van der Waals surface area contributed by atoms with E-state index in [1.165, 1.54) is 0 Å². The molecule has 1 rings (SSSR count). The van der Waals surface area contributed by atoms with Gasteiger partial charge in [-0.2, -0.15) is 0 Å². The minimum absolute atomic E-state index is 0.0406. The molecule has 1 aromatic heterocycles. The number of rotatable bonds is 4. The van der Waals surface area contributed by atoms with Crippen molar-refractivity contribution < 1.29 is 9.59 Å². The molecule has 86 valence electrons. The van der Waals surface area contributed by atoms with Crippen LogP contribution in [0.5, 0.6) is 0 Å². The summed E-state index contributed by atoms with van der Waals surface area (Å²) >= 11 is 0. The number of hydrogen-bond acceptors (Lipinski definition) is 3. The van der Waals surface area contributed by atoms with Gasteiger partial charge in [-0.3, -0.25) is 9.59 Å². The third-order valence-corrected chi connectivity index (χ3v) is 2.20. The molecule has 0 aliphatic heterocycles. The number of hydrogen-bond donors (Lipinski definition) is 2. The van der Waals surface area contributed by atoms with Crippen LogP contribution in [0.1, 0.15) is 20.3 Å². The normalized spacial score (nSPS) is 10.9. The molecule has 5 heteroatoms. The molecule has 0 aromatic carbocycles. The van der Waals surface area contributed by atoms with Gasteiger partial charge in [-0.25, -0.2) is 4.98 Å². The molecule has 0 saturated carbocycles. The number of nitrogens with two attached hydrogens (primary N) is 1. The van der Waals surface area contributed by atoms with E-state index in [0.717, 1.165) is 0 Å². The van der Waals surface area contributed by atoms with Gasteiger partial charge < -0.3 is 11.1 Å². The van der Waals surface area contributed by atoms with Crippen LogP contribution in [0.3, 0.4) is 0 Å². The first-order valence-electron chi connectivity index (χ1n) is 4.92. The average Bonchev–Trinajstić information content (AvgIpc) is 2.17. The predicted molar refractivity (Wildman–Crippen MR) is 60.5 cm³/mol. The van der Waals surface area contributed by atoms with Gasteiger partial charge >= 0.3 is 0 Å². The van der Waals surface area contributed by atoms with E-state index in [2.05, 4.69) is 10.3 Å². The maximum absolute atomic E-state index is 11.6. The molecule has 0 fully saturated rings. The monoisotopic (exact) mass is 221 g/mol. The summed E-state index contributed by atoms with van der Waals surface area (Å²) in [6.45, 7) is 3.26. The van der Waals surface area contributed by atoms with Crippen LogP contribution >= 0.6 is 0 Å². The molecule has 3 N–H and O–H groups in total. The van der Waals surface area contributed by atoms with E-state index in [1.54, 1.807) is 38.2 Å². The topological polar surface area (TPSA) is 85.1 Å². The predicted octanol–water partition coefficient (Wildman–Crippen LogP) is 0.922. The lowest BCUT2D eigenvalue weighted by molar-refractivity contribution is -0.130. The van der Waals surface area contributed by atoms with Gasteiger partial charge in [0, 0.05) is 12.6 Å². The number of anilines is 1. The smallest absolute Gasteiger partial charge is 0.226 e. The molecular formula is C11H15N3O2. The van der Waals surface area contributed by atoms with Crippen LogP contribution in [0.25, 0.3) is 0 Å². The molecule has 1 heterocycles. The van der Waals surface area contributed by atoms with Crippen molar-refractivity contribution in [2.24, 2.45) is 11.1 Å².